The number of hydrogen-bond donors (Lipinski definition) is 3. The van der Waals surface area contributed by atoms with Gasteiger partial charge in [-0.3, -0.25) is 5.10 Å². The highest BCUT2D eigenvalue weighted by atomic mass is 35.5. The van der Waals surface area contributed by atoms with E-state index < -0.39 is 5.97 Å². The SMILES string of the molecule is CCOC(=O)c1c(NCc2ccc(Cl)nc2)n[nH]c1N. The van der Waals surface area contributed by atoms with Gasteiger partial charge in [0.25, 0.3) is 0 Å². The van der Waals surface area contributed by atoms with Crippen LogP contribution >= 0.6 is 11.6 Å². The van der Waals surface area contributed by atoms with Crippen LogP contribution < -0.4 is 11.1 Å². The van der Waals surface area contributed by atoms with Crippen LogP contribution in [0, 0.1) is 0 Å². The fraction of sp³-hybridized carbons (Fsp3) is 0.250. The first-order valence-electron chi connectivity index (χ1n) is 5.97. The quantitative estimate of drug-likeness (QED) is 0.574. The Kier molecular flexibility index (Phi) is 4.41. The van der Waals surface area contributed by atoms with E-state index in [0.717, 1.165) is 5.56 Å². The van der Waals surface area contributed by atoms with E-state index in [1.165, 1.54) is 0 Å². The first-order chi connectivity index (χ1) is 9.61. The number of ether oxygens (including phenoxy) is 1. The van der Waals surface area contributed by atoms with E-state index in [1.54, 1.807) is 19.2 Å². The van der Waals surface area contributed by atoms with Gasteiger partial charge in [-0.15, -0.1) is 0 Å². The van der Waals surface area contributed by atoms with E-state index >= 15 is 0 Å². The zero-order chi connectivity index (χ0) is 14.5. The number of anilines is 2. The van der Waals surface area contributed by atoms with E-state index in [1.807, 2.05) is 6.07 Å². The fourth-order valence-corrected chi connectivity index (χ4v) is 1.70. The van der Waals surface area contributed by atoms with Crippen molar-refractivity contribution >= 4 is 29.2 Å². The largest absolute Gasteiger partial charge is 0.462 e. The molecule has 0 aliphatic rings. The van der Waals surface area contributed by atoms with Crippen LogP contribution in [0.25, 0.3) is 0 Å². The predicted molar refractivity (Wildman–Crippen MR) is 75.5 cm³/mol. The Labute approximate surface area is 120 Å². The Hall–Kier alpha value is -2.28. The molecule has 106 valence electrons. The zero-order valence-corrected chi connectivity index (χ0v) is 11.6. The molecule has 0 aromatic carbocycles. The second kappa shape index (κ2) is 6.25. The number of esters is 1. The number of pyridine rings is 1. The number of nitrogen functional groups attached to an aromatic ring is 1. The number of hydrogen-bond acceptors (Lipinski definition) is 6. The molecule has 0 amide bonds. The van der Waals surface area contributed by atoms with Crippen LogP contribution in [0.4, 0.5) is 11.6 Å². The summed E-state index contributed by atoms with van der Waals surface area (Å²) in [6.07, 6.45) is 1.63. The van der Waals surface area contributed by atoms with Gasteiger partial charge < -0.3 is 15.8 Å². The van der Waals surface area contributed by atoms with Crippen LogP contribution in [-0.2, 0) is 11.3 Å². The normalized spacial score (nSPS) is 10.3. The molecule has 0 aliphatic carbocycles. The van der Waals surface area contributed by atoms with Crippen molar-refractivity contribution in [1.82, 2.24) is 15.2 Å². The number of aromatic nitrogens is 3. The summed E-state index contributed by atoms with van der Waals surface area (Å²) in [7, 11) is 0. The van der Waals surface area contributed by atoms with Crippen molar-refractivity contribution in [3.05, 3.63) is 34.6 Å². The molecule has 20 heavy (non-hydrogen) atoms. The number of nitrogens with one attached hydrogen (secondary N) is 2. The maximum absolute atomic E-state index is 11.8. The predicted octanol–water partition coefficient (Wildman–Crippen LogP) is 1.83. The van der Waals surface area contributed by atoms with Crippen molar-refractivity contribution in [2.75, 3.05) is 17.7 Å². The number of carbonyl (C=O) groups is 1. The molecule has 0 atom stereocenters. The maximum atomic E-state index is 11.8. The third-order valence-electron chi connectivity index (χ3n) is 2.52. The van der Waals surface area contributed by atoms with Gasteiger partial charge in [0.1, 0.15) is 16.5 Å². The molecule has 2 aromatic heterocycles. The topological polar surface area (TPSA) is 106 Å². The zero-order valence-electron chi connectivity index (χ0n) is 10.8. The highest BCUT2D eigenvalue weighted by Crippen LogP contribution is 2.20. The summed E-state index contributed by atoms with van der Waals surface area (Å²) >= 11 is 5.71. The molecule has 2 rings (SSSR count). The van der Waals surface area contributed by atoms with Crippen molar-refractivity contribution in [3.63, 3.8) is 0 Å². The molecule has 0 bridgehead atoms. The van der Waals surface area contributed by atoms with E-state index in [0.29, 0.717) is 17.5 Å². The second-order valence-corrected chi connectivity index (χ2v) is 4.31. The number of nitrogens with zero attached hydrogens (tertiary/aromatic N) is 2. The molecule has 0 aliphatic heterocycles. The first kappa shape index (κ1) is 14.1. The lowest BCUT2D eigenvalue weighted by Gasteiger charge is -2.06. The Balaban J connectivity index is 2.10. The minimum absolute atomic E-state index is 0.167. The molecule has 0 radical (unpaired) electrons. The van der Waals surface area contributed by atoms with Crippen LogP contribution in [0.2, 0.25) is 5.15 Å². The van der Waals surface area contributed by atoms with Gasteiger partial charge in [0, 0.05) is 12.7 Å². The number of rotatable bonds is 5. The third kappa shape index (κ3) is 3.18. The highest BCUT2D eigenvalue weighted by Gasteiger charge is 2.19. The van der Waals surface area contributed by atoms with E-state index in [9.17, 15) is 4.79 Å². The summed E-state index contributed by atoms with van der Waals surface area (Å²) in [4.78, 5) is 15.7. The Morgan fingerprint density at radius 1 is 1.55 bits per heavy atom. The van der Waals surface area contributed by atoms with E-state index in [4.69, 9.17) is 22.1 Å². The average Bonchev–Trinajstić information content (AvgIpc) is 2.79. The van der Waals surface area contributed by atoms with Gasteiger partial charge in [0.15, 0.2) is 5.82 Å². The summed E-state index contributed by atoms with van der Waals surface area (Å²) in [6, 6.07) is 3.51. The van der Waals surface area contributed by atoms with Gasteiger partial charge in [0.2, 0.25) is 0 Å². The summed E-state index contributed by atoms with van der Waals surface area (Å²) in [5, 5.41) is 9.92. The van der Waals surface area contributed by atoms with Gasteiger partial charge in [-0.25, -0.2) is 9.78 Å². The molecule has 2 heterocycles. The number of H-pyrrole nitrogens is 1. The van der Waals surface area contributed by atoms with Crippen molar-refractivity contribution in [2.24, 2.45) is 0 Å². The molecule has 0 spiro atoms. The lowest BCUT2D eigenvalue weighted by Crippen LogP contribution is -2.10. The molecule has 8 heteroatoms. The van der Waals surface area contributed by atoms with Crippen LogP contribution in [0.3, 0.4) is 0 Å². The molecule has 0 unspecified atom stereocenters. The van der Waals surface area contributed by atoms with Crippen LogP contribution in [0.5, 0.6) is 0 Å². The summed E-state index contributed by atoms with van der Waals surface area (Å²) < 4.78 is 4.93. The Bertz CT molecular complexity index is 596. The van der Waals surface area contributed by atoms with E-state index in [2.05, 4.69) is 20.5 Å². The van der Waals surface area contributed by atoms with Crippen LogP contribution in [0.15, 0.2) is 18.3 Å². The number of carbonyl (C=O) groups excluding carboxylic acids is 1. The molecule has 7 nitrogen and oxygen atoms in total. The first-order valence-corrected chi connectivity index (χ1v) is 6.35. The molecular formula is C12H14ClN5O2. The molecule has 0 saturated carbocycles. The van der Waals surface area contributed by atoms with Crippen molar-refractivity contribution in [1.29, 1.82) is 0 Å². The molecule has 2 aromatic rings. The molecule has 0 fully saturated rings. The number of halogens is 1. The van der Waals surface area contributed by atoms with Crippen molar-refractivity contribution in [3.8, 4) is 0 Å². The monoisotopic (exact) mass is 295 g/mol. The standard InChI is InChI=1S/C12H14ClN5O2/c1-2-20-12(19)9-10(14)17-18-11(9)16-6-7-3-4-8(13)15-5-7/h3-5H,2,6H2,1H3,(H4,14,16,17,18). The average molecular weight is 296 g/mol. The van der Waals surface area contributed by atoms with Crippen molar-refractivity contribution in [2.45, 2.75) is 13.5 Å². The minimum Gasteiger partial charge on any atom is -0.462 e. The maximum Gasteiger partial charge on any atom is 0.345 e. The molecule has 0 saturated heterocycles. The van der Waals surface area contributed by atoms with Gasteiger partial charge in [-0.1, -0.05) is 17.7 Å². The highest BCUT2D eigenvalue weighted by molar-refractivity contribution is 6.29. The fourth-order valence-electron chi connectivity index (χ4n) is 1.59. The lowest BCUT2D eigenvalue weighted by molar-refractivity contribution is 0.0529. The van der Waals surface area contributed by atoms with Gasteiger partial charge in [-0.05, 0) is 18.6 Å². The Morgan fingerprint density at radius 2 is 2.35 bits per heavy atom. The lowest BCUT2D eigenvalue weighted by atomic mass is 10.2. The van der Waals surface area contributed by atoms with Crippen molar-refractivity contribution < 1.29 is 9.53 Å². The van der Waals surface area contributed by atoms with Gasteiger partial charge in [0.05, 0.1) is 6.61 Å². The summed E-state index contributed by atoms with van der Waals surface area (Å²) in [6.45, 7) is 2.42. The molecule has 4 N–H and O–H groups in total. The van der Waals surface area contributed by atoms with Crippen LogP contribution in [0.1, 0.15) is 22.8 Å². The summed E-state index contributed by atoms with van der Waals surface area (Å²) in [5.74, 6) is -0.00781. The van der Waals surface area contributed by atoms with Gasteiger partial charge in [-0.2, -0.15) is 5.10 Å². The minimum atomic E-state index is -0.518. The van der Waals surface area contributed by atoms with Gasteiger partial charge >= 0.3 is 5.97 Å². The third-order valence-corrected chi connectivity index (χ3v) is 2.75. The van der Waals surface area contributed by atoms with E-state index in [-0.39, 0.29) is 18.0 Å². The summed E-state index contributed by atoms with van der Waals surface area (Å²) in [5.41, 5.74) is 6.77. The number of aromatic amines is 1. The van der Waals surface area contributed by atoms with Crippen LogP contribution in [-0.4, -0.2) is 27.8 Å². The number of nitrogens with two attached hydrogens (primary N) is 1. The smallest absolute Gasteiger partial charge is 0.345 e. The second-order valence-electron chi connectivity index (χ2n) is 3.92. The molecular weight excluding hydrogens is 282 g/mol. The Morgan fingerprint density at radius 3 is 3.00 bits per heavy atom.